The fourth-order valence-electron chi connectivity index (χ4n) is 2.91. The lowest BCUT2D eigenvalue weighted by Crippen LogP contribution is -2.06. The molecule has 0 bridgehead atoms. The molecule has 0 aliphatic heterocycles. The summed E-state index contributed by atoms with van der Waals surface area (Å²) in [5, 5.41) is 21.4. The summed E-state index contributed by atoms with van der Waals surface area (Å²) in [6.07, 6.45) is 7.13. The van der Waals surface area contributed by atoms with Crippen LogP contribution in [0, 0.1) is 25.2 Å². The molecule has 0 fully saturated rings. The normalized spacial score (nSPS) is 10.7. The van der Waals surface area contributed by atoms with Crippen molar-refractivity contribution >= 4 is 16.6 Å². The number of benzene rings is 1. The first kappa shape index (κ1) is 15.9. The zero-order valence-electron chi connectivity index (χ0n) is 14.0. The number of aryl methyl sites for hydroxylation is 3. The minimum Gasteiger partial charge on any atom is -0.383 e. The number of pyridine rings is 1. The maximum absolute atomic E-state index is 9.40. The molecular weight excluding hydrogens is 300 g/mol. The van der Waals surface area contributed by atoms with Crippen LogP contribution in [0.2, 0.25) is 0 Å². The molecule has 6 heteroatoms. The highest BCUT2D eigenvalue weighted by molar-refractivity contribution is 5.96. The largest absolute Gasteiger partial charge is 0.383 e. The van der Waals surface area contributed by atoms with Gasteiger partial charge in [0.05, 0.1) is 16.8 Å². The Morgan fingerprint density at radius 1 is 1.17 bits per heavy atom. The lowest BCUT2D eigenvalue weighted by atomic mass is 10.0. The summed E-state index contributed by atoms with van der Waals surface area (Å²) in [5.41, 5.74) is 4.73. The molecule has 6 nitrogen and oxygen atoms in total. The number of hydrogen-bond acceptors (Lipinski definition) is 5. The van der Waals surface area contributed by atoms with E-state index >= 15 is 0 Å². The first-order valence-electron chi connectivity index (χ1n) is 8.05. The first-order valence-corrected chi connectivity index (χ1v) is 8.05. The van der Waals surface area contributed by atoms with Crippen molar-refractivity contribution in [3.8, 4) is 6.07 Å². The SMILES string of the molecule is Cc1cc(C)c2ncc(C#N)c(NCCCCn3cnnc3)c2c1. The summed E-state index contributed by atoms with van der Waals surface area (Å²) in [5.74, 6) is 0. The molecule has 0 atom stereocenters. The van der Waals surface area contributed by atoms with Crippen molar-refractivity contribution < 1.29 is 0 Å². The van der Waals surface area contributed by atoms with Gasteiger partial charge in [-0.1, -0.05) is 11.6 Å². The van der Waals surface area contributed by atoms with E-state index in [-0.39, 0.29) is 0 Å². The standard InChI is InChI=1S/C18H20N6/c1-13-7-14(2)17-16(8-13)18(15(9-19)10-21-17)20-5-3-4-6-24-11-22-23-12-24/h7-8,10-12H,3-6H2,1-2H3,(H,20,21). The van der Waals surface area contributed by atoms with Crippen LogP contribution in [-0.2, 0) is 6.54 Å². The molecule has 122 valence electrons. The van der Waals surface area contributed by atoms with Gasteiger partial charge in [-0.3, -0.25) is 4.98 Å². The van der Waals surface area contributed by atoms with Gasteiger partial charge in [0.15, 0.2) is 0 Å². The molecule has 0 spiro atoms. The maximum atomic E-state index is 9.40. The molecule has 0 unspecified atom stereocenters. The van der Waals surface area contributed by atoms with Crippen molar-refractivity contribution in [1.82, 2.24) is 19.7 Å². The molecule has 0 radical (unpaired) electrons. The molecule has 0 aliphatic carbocycles. The van der Waals surface area contributed by atoms with Gasteiger partial charge in [-0.15, -0.1) is 10.2 Å². The predicted molar refractivity (Wildman–Crippen MR) is 93.7 cm³/mol. The Morgan fingerprint density at radius 3 is 2.71 bits per heavy atom. The number of aromatic nitrogens is 4. The van der Waals surface area contributed by atoms with Crippen molar-refractivity contribution in [2.24, 2.45) is 0 Å². The Labute approximate surface area is 141 Å². The molecule has 1 N–H and O–H groups in total. The Morgan fingerprint density at radius 2 is 1.96 bits per heavy atom. The maximum Gasteiger partial charge on any atom is 0.119 e. The van der Waals surface area contributed by atoms with E-state index in [0.29, 0.717) is 5.56 Å². The molecule has 0 aliphatic rings. The number of fused-ring (bicyclic) bond motifs is 1. The smallest absolute Gasteiger partial charge is 0.119 e. The van der Waals surface area contributed by atoms with Crippen LogP contribution in [-0.4, -0.2) is 26.3 Å². The summed E-state index contributed by atoms with van der Waals surface area (Å²) in [4.78, 5) is 4.45. The van der Waals surface area contributed by atoms with Gasteiger partial charge in [0.1, 0.15) is 18.7 Å². The molecule has 0 amide bonds. The number of nitriles is 1. The van der Waals surface area contributed by atoms with Gasteiger partial charge in [0.2, 0.25) is 0 Å². The van der Waals surface area contributed by atoms with Crippen LogP contribution < -0.4 is 5.32 Å². The van der Waals surface area contributed by atoms with Gasteiger partial charge in [-0.25, -0.2) is 0 Å². The Hall–Kier alpha value is -2.94. The highest BCUT2D eigenvalue weighted by atomic mass is 15.2. The van der Waals surface area contributed by atoms with Gasteiger partial charge >= 0.3 is 0 Å². The average molecular weight is 320 g/mol. The van der Waals surface area contributed by atoms with Gasteiger partial charge in [0.25, 0.3) is 0 Å². The molecule has 3 rings (SSSR count). The zero-order chi connectivity index (χ0) is 16.9. The number of hydrogen-bond donors (Lipinski definition) is 1. The van der Waals surface area contributed by atoms with Crippen LogP contribution in [0.3, 0.4) is 0 Å². The third-order valence-electron chi connectivity index (χ3n) is 4.04. The van der Waals surface area contributed by atoms with Crippen molar-refractivity contribution in [2.45, 2.75) is 33.2 Å². The highest BCUT2D eigenvalue weighted by Crippen LogP contribution is 2.28. The molecule has 3 aromatic rings. The number of unbranched alkanes of at least 4 members (excludes halogenated alkanes) is 1. The summed E-state index contributed by atoms with van der Waals surface area (Å²) >= 11 is 0. The third kappa shape index (κ3) is 3.35. The van der Waals surface area contributed by atoms with Crippen molar-refractivity contribution in [2.75, 3.05) is 11.9 Å². The van der Waals surface area contributed by atoms with E-state index in [1.807, 2.05) is 4.57 Å². The topological polar surface area (TPSA) is 79.4 Å². The van der Waals surface area contributed by atoms with E-state index in [0.717, 1.165) is 48.1 Å². The van der Waals surface area contributed by atoms with E-state index in [1.54, 1.807) is 18.9 Å². The van der Waals surface area contributed by atoms with Crippen LogP contribution >= 0.6 is 0 Å². The Balaban J connectivity index is 1.74. The quantitative estimate of drug-likeness (QED) is 0.705. The van der Waals surface area contributed by atoms with Crippen molar-refractivity contribution in [1.29, 1.82) is 5.26 Å². The highest BCUT2D eigenvalue weighted by Gasteiger charge is 2.10. The van der Waals surface area contributed by atoms with E-state index in [1.165, 1.54) is 5.56 Å². The van der Waals surface area contributed by atoms with Crippen molar-refractivity contribution in [3.63, 3.8) is 0 Å². The van der Waals surface area contributed by atoms with Gasteiger partial charge in [0, 0.05) is 24.7 Å². The Bertz CT molecular complexity index is 877. The van der Waals surface area contributed by atoms with Crippen molar-refractivity contribution in [3.05, 3.63) is 47.7 Å². The number of nitrogens with one attached hydrogen (secondary N) is 1. The minimum atomic E-state index is 0.589. The lowest BCUT2D eigenvalue weighted by molar-refractivity contribution is 0.619. The third-order valence-corrected chi connectivity index (χ3v) is 4.04. The zero-order valence-corrected chi connectivity index (χ0v) is 14.0. The van der Waals surface area contributed by atoms with Crippen LogP contribution in [0.4, 0.5) is 5.69 Å². The summed E-state index contributed by atoms with van der Waals surface area (Å²) < 4.78 is 1.97. The monoisotopic (exact) mass is 320 g/mol. The average Bonchev–Trinajstić information content (AvgIpc) is 3.08. The fourth-order valence-corrected chi connectivity index (χ4v) is 2.91. The van der Waals surface area contributed by atoms with Crippen LogP contribution in [0.15, 0.2) is 31.0 Å². The number of nitrogens with zero attached hydrogens (tertiary/aromatic N) is 5. The van der Waals surface area contributed by atoms with E-state index in [9.17, 15) is 5.26 Å². The molecule has 2 aromatic heterocycles. The van der Waals surface area contributed by atoms with Gasteiger partial charge < -0.3 is 9.88 Å². The van der Waals surface area contributed by atoms with E-state index in [2.05, 4.69) is 52.5 Å². The summed E-state index contributed by atoms with van der Waals surface area (Å²) in [6, 6.07) is 6.45. The van der Waals surface area contributed by atoms with E-state index in [4.69, 9.17) is 0 Å². The number of rotatable bonds is 6. The molecular formula is C18H20N6. The van der Waals surface area contributed by atoms with Crippen LogP contribution in [0.25, 0.3) is 10.9 Å². The molecule has 0 saturated heterocycles. The fraction of sp³-hybridized carbons (Fsp3) is 0.333. The molecule has 0 saturated carbocycles. The van der Waals surface area contributed by atoms with Gasteiger partial charge in [-0.2, -0.15) is 5.26 Å². The second-order valence-corrected chi connectivity index (χ2v) is 5.97. The first-order chi connectivity index (χ1) is 11.7. The molecule has 1 aromatic carbocycles. The van der Waals surface area contributed by atoms with Crippen LogP contribution in [0.5, 0.6) is 0 Å². The second kappa shape index (κ2) is 7.09. The summed E-state index contributed by atoms with van der Waals surface area (Å²) in [6.45, 7) is 5.82. The van der Waals surface area contributed by atoms with Crippen LogP contribution in [0.1, 0.15) is 29.5 Å². The minimum absolute atomic E-state index is 0.589. The lowest BCUT2D eigenvalue weighted by Gasteiger charge is -2.13. The predicted octanol–water partition coefficient (Wildman–Crippen LogP) is 3.21. The second-order valence-electron chi connectivity index (χ2n) is 5.97. The Kier molecular flexibility index (Phi) is 4.71. The molecule has 2 heterocycles. The number of anilines is 1. The van der Waals surface area contributed by atoms with Gasteiger partial charge in [-0.05, 0) is 38.3 Å². The van der Waals surface area contributed by atoms with E-state index < -0.39 is 0 Å². The summed E-state index contributed by atoms with van der Waals surface area (Å²) in [7, 11) is 0. The molecule has 24 heavy (non-hydrogen) atoms.